The molecule has 1 aliphatic heterocycles. The molecular formula is C13H15N3O5. The Balaban J connectivity index is 2.37. The van der Waals surface area contributed by atoms with Gasteiger partial charge in [0.15, 0.2) is 0 Å². The maximum Gasteiger partial charge on any atom is 0.296 e. The second-order valence-electron chi connectivity index (χ2n) is 4.65. The highest BCUT2D eigenvalue weighted by atomic mass is 16.6. The van der Waals surface area contributed by atoms with Crippen LogP contribution in [0.2, 0.25) is 0 Å². The quantitative estimate of drug-likeness (QED) is 0.637. The molecule has 2 N–H and O–H groups in total. The van der Waals surface area contributed by atoms with Gasteiger partial charge >= 0.3 is 0 Å². The lowest BCUT2D eigenvalue weighted by Crippen LogP contribution is -2.28. The molecule has 0 unspecified atom stereocenters. The van der Waals surface area contributed by atoms with E-state index in [9.17, 15) is 19.7 Å². The van der Waals surface area contributed by atoms with Crippen LogP contribution in [0.3, 0.4) is 0 Å². The minimum Gasteiger partial charge on any atom is -0.494 e. The van der Waals surface area contributed by atoms with Gasteiger partial charge in [0.05, 0.1) is 23.5 Å². The van der Waals surface area contributed by atoms with Crippen molar-refractivity contribution in [2.75, 3.05) is 18.1 Å². The van der Waals surface area contributed by atoms with Gasteiger partial charge in [0.1, 0.15) is 11.4 Å². The summed E-state index contributed by atoms with van der Waals surface area (Å²) >= 11 is 0. The zero-order valence-electron chi connectivity index (χ0n) is 11.4. The Morgan fingerprint density at radius 2 is 2.29 bits per heavy atom. The van der Waals surface area contributed by atoms with Crippen molar-refractivity contribution >= 4 is 23.2 Å². The first-order valence-electron chi connectivity index (χ1n) is 6.45. The summed E-state index contributed by atoms with van der Waals surface area (Å²) in [7, 11) is 0. The van der Waals surface area contributed by atoms with Gasteiger partial charge in [-0.05, 0) is 19.1 Å². The van der Waals surface area contributed by atoms with E-state index in [2.05, 4.69) is 0 Å². The molecule has 0 radical (unpaired) electrons. The summed E-state index contributed by atoms with van der Waals surface area (Å²) in [5, 5.41) is 11.2. The summed E-state index contributed by atoms with van der Waals surface area (Å²) in [6.07, 6.45) is -0.0281. The Labute approximate surface area is 120 Å². The van der Waals surface area contributed by atoms with Crippen molar-refractivity contribution in [1.82, 2.24) is 0 Å². The lowest BCUT2D eigenvalue weighted by atomic mass is 10.1. The van der Waals surface area contributed by atoms with Crippen molar-refractivity contribution in [2.45, 2.75) is 13.3 Å². The predicted molar refractivity (Wildman–Crippen MR) is 73.9 cm³/mol. The smallest absolute Gasteiger partial charge is 0.296 e. The van der Waals surface area contributed by atoms with Crippen molar-refractivity contribution in [3.63, 3.8) is 0 Å². The highest BCUT2D eigenvalue weighted by Crippen LogP contribution is 2.35. The third kappa shape index (κ3) is 2.93. The van der Waals surface area contributed by atoms with Gasteiger partial charge in [0, 0.05) is 13.0 Å². The van der Waals surface area contributed by atoms with E-state index in [1.807, 2.05) is 0 Å². The minimum atomic E-state index is -0.622. The molecule has 2 rings (SSSR count). The van der Waals surface area contributed by atoms with E-state index in [0.717, 1.165) is 0 Å². The number of rotatable bonds is 5. The molecule has 1 aliphatic rings. The summed E-state index contributed by atoms with van der Waals surface area (Å²) < 4.78 is 5.22. The van der Waals surface area contributed by atoms with Crippen LogP contribution >= 0.6 is 0 Å². The first kappa shape index (κ1) is 14.8. The minimum absolute atomic E-state index is 0.0281. The largest absolute Gasteiger partial charge is 0.494 e. The fourth-order valence-corrected chi connectivity index (χ4v) is 2.27. The molecule has 112 valence electrons. The predicted octanol–water partition coefficient (Wildman–Crippen LogP) is 0.832. The van der Waals surface area contributed by atoms with Gasteiger partial charge in [-0.3, -0.25) is 19.7 Å². The maximum atomic E-state index is 11.9. The van der Waals surface area contributed by atoms with Gasteiger partial charge < -0.3 is 15.4 Å². The van der Waals surface area contributed by atoms with Gasteiger partial charge in [-0.1, -0.05) is 0 Å². The lowest BCUT2D eigenvalue weighted by molar-refractivity contribution is -0.384. The topological polar surface area (TPSA) is 116 Å². The number of hydrogen-bond donors (Lipinski definition) is 1. The van der Waals surface area contributed by atoms with Crippen LogP contribution in [0.5, 0.6) is 5.75 Å². The van der Waals surface area contributed by atoms with Crippen molar-refractivity contribution < 1.29 is 19.2 Å². The number of benzene rings is 1. The molecule has 2 amide bonds. The van der Waals surface area contributed by atoms with E-state index < -0.39 is 16.7 Å². The van der Waals surface area contributed by atoms with Crippen LogP contribution in [0.4, 0.5) is 11.4 Å². The number of hydrogen-bond acceptors (Lipinski definition) is 5. The van der Waals surface area contributed by atoms with E-state index in [-0.39, 0.29) is 30.2 Å². The second kappa shape index (κ2) is 5.78. The zero-order valence-corrected chi connectivity index (χ0v) is 11.4. The molecule has 1 saturated heterocycles. The van der Waals surface area contributed by atoms with Gasteiger partial charge in [0.2, 0.25) is 11.8 Å². The highest BCUT2D eigenvalue weighted by Gasteiger charge is 2.36. The Morgan fingerprint density at radius 3 is 2.81 bits per heavy atom. The van der Waals surface area contributed by atoms with Crippen molar-refractivity contribution in [3.8, 4) is 5.75 Å². The zero-order chi connectivity index (χ0) is 15.6. The van der Waals surface area contributed by atoms with Gasteiger partial charge in [-0.2, -0.15) is 0 Å². The van der Waals surface area contributed by atoms with E-state index in [0.29, 0.717) is 12.4 Å². The molecule has 1 atom stereocenters. The molecule has 1 heterocycles. The molecule has 8 heteroatoms. The van der Waals surface area contributed by atoms with E-state index in [1.165, 1.54) is 17.0 Å². The fourth-order valence-electron chi connectivity index (χ4n) is 2.27. The Morgan fingerprint density at radius 1 is 1.57 bits per heavy atom. The molecule has 1 fully saturated rings. The number of nitrogens with two attached hydrogens (primary N) is 1. The number of amides is 2. The van der Waals surface area contributed by atoms with E-state index in [1.54, 1.807) is 13.0 Å². The van der Waals surface area contributed by atoms with Crippen molar-refractivity contribution in [3.05, 3.63) is 28.3 Å². The standard InChI is InChI=1S/C13H15N3O5/c1-2-21-9-3-4-10(11(6-9)16(19)20)15-7-8(13(14)18)5-12(15)17/h3-4,6,8H,2,5,7H2,1H3,(H2,14,18)/t8-/m0/s1. The number of carbonyl (C=O) groups is 2. The van der Waals surface area contributed by atoms with Gasteiger partial charge in [0.25, 0.3) is 5.69 Å². The average molecular weight is 293 g/mol. The number of primary amides is 1. The Hall–Kier alpha value is -2.64. The Kier molecular flexibility index (Phi) is 4.06. The summed E-state index contributed by atoms with van der Waals surface area (Å²) in [5.41, 5.74) is 5.10. The summed E-state index contributed by atoms with van der Waals surface area (Å²) in [4.78, 5) is 34.9. The normalized spacial score (nSPS) is 17.9. The van der Waals surface area contributed by atoms with Crippen LogP contribution in [-0.4, -0.2) is 29.9 Å². The SMILES string of the molecule is CCOc1ccc(N2C[C@@H](C(N)=O)CC2=O)c([N+](=O)[O-])c1. The van der Waals surface area contributed by atoms with E-state index >= 15 is 0 Å². The van der Waals surface area contributed by atoms with Crippen molar-refractivity contribution in [2.24, 2.45) is 11.7 Å². The van der Waals surface area contributed by atoms with Gasteiger partial charge in [-0.15, -0.1) is 0 Å². The summed E-state index contributed by atoms with van der Waals surface area (Å²) in [6.45, 7) is 2.20. The van der Waals surface area contributed by atoms with Crippen molar-refractivity contribution in [1.29, 1.82) is 0 Å². The summed E-state index contributed by atoms with van der Waals surface area (Å²) in [6, 6.07) is 4.27. The number of carbonyl (C=O) groups excluding carboxylic acids is 2. The Bertz CT molecular complexity index is 601. The molecule has 21 heavy (non-hydrogen) atoms. The molecule has 1 aromatic carbocycles. The molecule has 8 nitrogen and oxygen atoms in total. The van der Waals surface area contributed by atoms with Crippen LogP contribution in [0.1, 0.15) is 13.3 Å². The molecular weight excluding hydrogens is 278 g/mol. The number of nitro groups is 1. The third-order valence-electron chi connectivity index (χ3n) is 3.27. The molecule has 0 saturated carbocycles. The van der Waals surface area contributed by atoms with Crippen LogP contribution < -0.4 is 15.4 Å². The van der Waals surface area contributed by atoms with Crippen LogP contribution in [0.15, 0.2) is 18.2 Å². The first-order valence-corrected chi connectivity index (χ1v) is 6.45. The number of nitrogens with zero attached hydrogens (tertiary/aromatic N) is 2. The van der Waals surface area contributed by atoms with Crippen LogP contribution in [0.25, 0.3) is 0 Å². The highest BCUT2D eigenvalue weighted by molar-refractivity contribution is 6.01. The fraction of sp³-hybridized carbons (Fsp3) is 0.385. The molecule has 0 spiro atoms. The molecule has 1 aromatic rings. The molecule has 0 aliphatic carbocycles. The third-order valence-corrected chi connectivity index (χ3v) is 3.27. The first-order chi connectivity index (χ1) is 9.93. The summed E-state index contributed by atoms with van der Waals surface area (Å²) in [5.74, 6) is -1.21. The monoisotopic (exact) mass is 293 g/mol. The number of anilines is 1. The van der Waals surface area contributed by atoms with Gasteiger partial charge in [-0.25, -0.2) is 0 Å². The molecule has 0 aromatic heterocycles. The van der Waals surface area contributed by atoms with Crippen LogP contribution in [0, 0.1) is 16.0 Å². The second-order valence-corrected chi connectivity index (χ2v) is 4.65. The van der Waals surface area contributed by atoms with E-state index in [4.69, 9.17) is 10.5 Å². The number of nitro benzene ring substituents is 1. The lowest BCUT2D eigenvalue weighted by Gasteiger charge is -2.16. The van der Waals surface area contributed by atoms with Crippen LogP contribution in [-0.2, 0) is 9.59 Å². The molecule has 0 bridgehead atoms. The maximum absolute atomic E-state index is 11.9. The number of ether oxygens (including phenoxy) is 1. The average Bonchev–Trinajstić information content (AvgIpc) is 2.81.